The summed E-state index contributed by atoms with van der Waals surface area (Å²) in [6, 6.07) is 11.6. The van der Waals surface area contributed by atoms with Crippen molar-refractivity contribution in [3.63, 3.8) is 0 Å². The molecule has 19 heavy (non-hydrogen) atoms. The van der Waals surface area contributed by atoms with E-state index in [1.165, 1.54) is 24.0 Å². The highest BCUT2D eigenvalue weighted by molar-refractivity contribution is 5.59. The molecule has 1 aliphatic rings. The van der Waals surface area contributed by atoms with Gasteiger partial charge in [-0.3, -0.25) is 5.10 Å². The fourth-order valence-electron chi connectivity index (χ4n) is 2.18. The summed E-state index contributed by atoms with van der Waals surface area (Å²) >= 11 is 0. The van der Waals surface area contributed by atoms with E-state index in [0.29, 0.717) is 5.92 Å². The summed E-state index contributed by atoms with van der Waals surface area (Å²) in [5, 5.41) is 11.0. The second kappa shape index (κ2) is 5.17. The minimum Gasteiger partial charge on any atom is -0.308 e. The van der Waals surface area contributed by atoms with E-state index < -0.39 is 0 Å². The van der Waals surface area contributed by atoms with Crippen LogP contribution in [0.3, 0.4) is 0 Å². The molecular weight excluding hydrogens is 234 g/mol. The van der Waals surface area contributed by atoms with E-state index >= 15 is 0 Å². The number of rotatable bonds is 5. The molecule has 1 aromatic carbocycles. The van der Waals surface area contributed by atoms with Gasteiger partial charge in [0.1, 0.15) is 0 Å². The smallest absolute Gasteiger partial charge is 0.0924 e. The molecule has 0 spiro atoms. The average molecular weight is 255 g/mol. The Kier molecular flexibility index (Phi) is 3.38. The summed E-state index contributed by atoms with van der Waals surface area (Å²) in [4.78, 5) is 0. The second-order valence-electron chi connectivity index (χ2n) is 5.71. The first kappa shape index (κ1) is 12.4. The Morgan fingerprint density at radius 1 is 1.26 bits per heavy atom. The van der Waals surface area contributed by atoms with Crippen LogP contribution in [-0.2, 0) is 6.54 Å². The van der Waals surface area contributed by atoms with Gasteiger partial charge in [0, 0.05) is 23.8 Å². The van der Waals surface area contributed by atoms with E-state index in [4.69, 9.17) is 0 Å². The van der Waals surface area contributed by atoms with Crippen LogP contribution in [0.2, 0.25) is 0 Å². The molecule has 0 atom stereocenters. The van der Waals surface area contributed by atoms with Crippen LogP contribution in [0.15, 0.2) is 30.3 Å². The molecule has 0 aliphatic heterocycles. The Labute approximate surface area is 114 Å². The van der Waals surface area contributed by atoms with Gasteiger partial charge >= 0.3 is 0 Å². The summed E-state index contributed by atoms with van der Waals surface area (Å²) in [6.07, 6.45) is 2.63. The normalized spacial score (nSPS) is 15.1. The molecule has 2 aromatic rings. The minimum atomic E-state index is 0.575. The predicted octanol–water partition coefficient (Wildman–Crippen LogP) is 3.45. The number of aromatic nitrogens is 2. The number of benzene rings is 1. The molecule has 3 rings (SSSR count). The lowest BCUT2D eigenvalue weighted by Gasteiger charge is -2.05. The van der Waals surface area contributed by atoms with Crippen molar-refractivity contribution in [1.82, 2.24) is 15.5 Å². The molecule has 0 bridgehead atoms. The van der Waals surface area contributed by atoms with Gasteiger partial charge in [-0.15, -0.1) is 0 Å². The first-order chi connectivity index (χ1) is 9.22. The largest absolute Gasteiger partial charge is 0.308 e. The van der Waals surface area contributed by atoms with Gasteiger partial charge in [-0.05, 0) is 30.4 Å². The highest BCUT2D eigenvalue weighted by Gasteiger charge is 2.20. The quantitative estimate of drug-likeness (QED) is 0.859. The SMILES string of the molecule is CC(C)c1ccc(-c2cc(CNC3CC3)[nH]n2)cc1. The van der Waals surface area contributed by atoms with Crippen LogP contribution < -0.4 is 5.32 Å². The minimum absolute atomic E-state index is 0.575. The maximum atomic E-state index is 4.39. The van der Waals surface area contributed by atoms with Crippen LogP contribution in [0.4, 0.5) is 0 Å². The van der Waals surface area contributed by atoms with Gasteiger partial charge < -0.3 is 5.32 Å². The molecule has 3 heteroatoms. The highest BCUT2D eigenvalue weighted by Crippen LogP contribution is 2.22. The maximum Gasteiger partial charge on any atom is 0.0924 e. The van der Waals surface area contributed by atoms with Crippen molar-refractivity contribution in [2.75, 3.05) is 0 Å². The van der Waals surface area contributed by atoms with Crippen molar-refractivity contribution in [2.45, 2.75) is 45.2 Å². The molecule has 0 amide bonds. The monoisotopic (exact) mass is 255 g/mol. The van der Waals surface area contributed by atoms with Gasteiger partial charge in [0.2, 0.25) is 0 Å². The molecule has 1 aromatic heterocycles. The summed E-state index contributed by atoms with van der Waals surface area (Å²) in [5.74, 6) is 0.575. The Balaban J connectivity index is 1.70. The van der Waals surface area contributed by atoms with Gasteiger partial charge in [0.15, 0.2) is 0 Å². The van der Waals surface area contributed by atoms with Crippen molar-refractivity contribution in [3.8, 4) is 11.3 Å². The third-order valence-corrected chi connectivity index (χ3v) is 3.66. The Hall–Kier alpha value is -1.61. The average Bonchev–Trinajstić information content (AvgIpc) is 3.13. The van der Waals surface area contributed by atoms with Crippen molar-refractivity contribution in [2.24, 2.45) is 0 Å². The molecular formula is C16H21N3. The van der Waals surface area contributed by atoms with Crippen LogP contribution in [0, 0.1) is 0 Å². The van der Waals surface area contributed by atoms with E-state index in [-0.39, 0.29) is 0 Å². The number of hydrogen-bond donors (Lipinski definition) is 2. The van der Waals surface area contributed by atoms with Crippen molar-refractivity contribution in [3.05, 3.63) is 41.6 Å². The summed E-state index contributed by atoms with van der Waals surface area (Å²) in [7, 11) is 0. The molecule has 1 fully saturated rings. The fraction of sp³-hybridized carbons (Fsp3) is 0.438. The first-order valence-electron chi connectivity index (χ1n) is 7.10. The molecule has 1 saturated carbocycles. The number of hydrogen-bond acceptors (Lipinski definition) is 2. The molecule has 0 unspecified atom stereocenters. The van der Waals surface area contributed by atoms with E-state index in [2.05, 4.69) is 59.7 Å². The molecule has 100 valence electrons. The lowest BCUT2D eigenvalue weighted by molar-refractivity contribution is 0.672. The number of nitrogens with zero attached hydrogens (tertiary/aromatic N) is 1. The van der Waals surface area contributed by atoms with Crippen LogP contribution in [0.1, 0.15) is 43.9 Å². The van der Waals surface area contributed by atoms with Crippen molar-refractivity contribution in [1.29, 1.82) is 0 Å². The molecule has 3 nitrogen and oxygen atoms in total. The molecule has 0 radical (unpaired) electrons. The van der Waals surface area contributed by atoms with E-state index in [1.54, 1.807) is 0 Å². The summed E-state index contributed by atoms with van der Waals surface area (Å²) < 4.78 is 0. The van der Waals surface area contributed by atoms with Crippen LogP contribution >= 0.6 is 0 Å². The van der Waals surface area contributed by atoms with Gasteiger partial charge in [0.25, 0.3) is 0 Å². The third kappa shape index (κ3) is 3.04. The fourth-order valence-corrected chi connectivity index (χ4v) is 2.18. The number of nitrogens with one attached hydrogen (secondary N) is 2. The topological polar surface area (TPSA) is 40.7 Å². The zero-order valence-electron chi connectivity index (χ0n) is 11.6. The molecule has 1 heterocycles. The standard InChI is InChI=1S/C16H21N3/c1-11(2)12-3-5-13(6-4-12)16-9-15(18-19-16)10-17-14-7-8-14/h3-6,9,11,14,17H,7-8,10H2,1-2H3,(H,18,19). The zero-order valence-corrected chi connectivity index (χ0v) is 11.6. The summed E-state index contributed by atoms with van der Waals surface area (Å²) in [6.45, 7) is 5.32. The number of H-pyrrole nitrogens is 1. The lowest BCUT2D eigenvalue weighted by atomic mass is 10.0. The molecule has 2 N–H and O–H groups in total. The third-order valence-electron chi connectivity index (χ3n) is 3.66. The summed E-state index contributed by atoms with van der Waals surface area (Å²) in [5.41, 5.74) is 4.74. The Morgan fingerprint density at radius 2 is 2.00 bits per heavy atom. The maximum absolute atomic E-state index is 4.39. The van der Waals surface area contributed by atoms with Crippen LogP contribution in [0.25, 0.3) is 11.3 Å². The number of aromatic amines is 1. The van der Waals surface area contributed by atoms with Gasteiger partial charge in [0.05, 0.1) is 5.69 Å². The van der Waals surface area contributed by atoms with Crippen LogP contribution in [0.5, 0.6) is 0 Å². The van der Waals surface area contributed by atoms with Crippen molar-refractivity contribution >= 4 is 0 Å². The van der Waals surface area contributed by atoms with Gasteiger partial charge in [-0.2, -0.15) is 5.10 Å². The van der Waals surface area contributed by atoms with E-state index in [9.17, 15) is 0 Å². The first-order valence-corrected chi connectivity index (χ1v) is 7.10. The molecule has 1 aliphatic carbocycles. The Bertz CT molecular complexity index is 535. The van der Waals surface area contributed by atoms with Crippen LogP contribution in [-0.4, -0.2) is 16.2 Å². The van der Waals surface area contributed by atoms with Gasteiger partial charge in [-0.1, -0.05) is 38.1 Å². The zero-order chi connectivity index (χ0) is 13.2. The highest BCUT2D eigenvalue weighted by atomic mass is 15.1. The van der Waals surface area contributed by atoms with E-state index in [1.807, 2.05) is 0 Å². The second-order valence-corrected chi connectivity index (χ2v) is 5.71. The van der Waals surface area contributed by atoms with Gasteiger partial charge in [-0.25, -0.2) is 0 Å². The van der Waals surface area contributed by atoms with E-state index in [0.717, 1.165) is 24.0 Å². The lowest BCUT2D eigenvalue weighted by Crippen LogP contribution is -2.15. The van der Waals surface area contributed by atoms with Crippen molar-refractivity contribution < 1.29 is 0 Å². The predicted molar refractivity (Wildman–Crippen MR) is 78.0 cm³/mol. The Morgan fingerprint density at radius 3 is 2.63 bits per heavy atom. The molecule has 0 saturated heterocycles.